The van der Waals surface area contributed by atoms with Gasteiger partial charge in [-0.2, -0.15) is 0 Å². The van der Waals surface area contributed by atoms with Crippen molar-refractivity contribution in [3.63, 3.8) is 0 Å². The van der Waals surface area contributed by atoms with Crippen LogP contribution in [0.4, 0.5) is 25.7 Å². The van der Waals surface area contributed by atoms with Crippen LogP contribution in [0.2, 0.25) is 0 Å². The van der Waals surface area contributed by atoms with Crippen LogP contribution in [-0.4, -0.2) is 24.0 Å². The summed E-state index contributed by atoms with van der Waals surface area (Å²) in [5.74, 6) is -0.0572. The summed E-state index contributed by atoms with van der Waals surface area (Å²) in [6, 6.07) is 10.4. The van der Waals surface area contributed by atoms with Crippen molar-refractivity contribution in [3.05, 3.63) is 64.9 Å². The van der Waals surface area contributed by atoms with E-state index >= 15 is 0 Å². The van der Waals surface area contributed by atoms with Gasteiger partial charge in [0.15, 0.2) is 5.13 Å². The number of halogens is 1. The van der Waals surface area contributed by atoms with Crippen LogP contribution < -0.4 is 20.7 Å². The lowest BCUT2D eigenvalue weighted by Crippen LogP contribution is -2.19. The first-order valence-electron chi connectivity index (χ1n) is 8.65. The van der Waals surface area contributed by atoms with Crippen molar-refractivity contribution in [3.8, 4) is 5.75 Å². The maximum atomic E-state index is 12.9. The quantitative estimate of drug-likeness (QED) is 0.557. The number of aromatic nitrogens is 1. The number of nitrogens with one attached hydrogen (secondary N) is 3. The van der Waals surface area contributed by atoms with Crippen LogP contribution in [0.1, 0.15) is 11.3 Å². The Bertz CT molecular complexity index is 1020. The Morgan fingerprint density at radius 3 is 2.59 bits per heavy atom. The summed E-state index contributed by atoms with van der Waals surface area (Å²) in [7, 11) is 1.54. The molecule has 3 aromatic rings. The molecule has 9 heteroatoms. The Morgan fingerprint density at radius 2 is 1.86 bits per heavy atom. The number of rotatable bonds is 6. The number of urea groups is 1. The van der Waals surface area contributed by atoms with Crippen molar-refractivity contribution < 1.29 is 18.7 Å². The van der Waals surface area contributed by atoms with Crippen LogP contribution in [0.25, 0.3) is 0 Å². The molecular weight excluding hydrogens is 395 g/mol. The van der Waals surface area contributed by atoms with Gasteiger partial charge in [0, 0.05) is 11.1 Å². The Balaban J connectivity index is 1.55. The molecule has 29 heavy (non-hydrogen) atoms. The van der Waals surface area contributed by atoms with Crippen molar-refractivity contribution in [2.75, 3.05) is 23.1 Å². The van der Waals surface area contributed by atoms with Gasteiger partial charge in [0.05, 0.1) is 24.9 Å². The molecule has 3 N–H and O–H groups in total. The fraction of sp³-hybridized carbons (Fsp3) is 0.150. The van der Waals surface area contributed by atoms with Crippen molar-refractivity contribution in [2.45, 2.75) is 13.3 Å². The Kier molecular flexibility index (Phi) is 6.40. The van der Waals surface area contributed by atoms with Gasteiger partial charge >= 0.3 is 6.03 Å². The molecule has 0 aliphatic rings. The highest BCUT2D eigenvalue weighted by Crippen LogP contribution is 2.25. The van der Waals surface area contributed by atoms with Crippen LogP contribution in [0.3, 0.4) is 0 Å². The van der Waals surface area contributed by atoms with E-state index in [0.29, 0.717) is 27.9 Å². The Hall–Kier alpha value is -3.46. The number of carbonyl (C=O) groups excluding carboxylic acids is 2. The lowest BCUT2D eigenvalue weighted by Gasteiger charge is -2.10. The van der Waals surface area contributed by atoms with Gasteiger partial charge < -0.3 is 15.4 Å². The van der Waals surface area contributed by atoms with Gasteiger partial charge in [-0.05, 0) is 48.9 Å². The molecule has 0 spiro atoms. The number of carbonyl (C=O) groups is 2. The summed E-state index contributed by atoms with van der Waals surface area (Å²) in [5.41, 5.74) is 2.58. The number of aryl methyl sites for hydroxylation is 1. The number of anilines is 3. The molecule has 3 amide bonds. The predicted molar refractivity (Wildman–Crippen MR) is 111 cm³/mol. The maximum Gasteiger partial charge on any atom is 0.325 e. The van der Waals surface area contributed by atoms with E-state index in [-0.39, 0.29) is 18.1 Å². The van der Waals surface area contributed by atoms with E-state index in [1.165, 1.54) is 35.6 Å². The van der Waals surface area contributed by atoms with Crippen LogP contribution >= 0.6 is 11.3 Å². The average Bonchev–Trinajstić information content (AvgIpc) is 3.11. The zero-order chi connectivity index (χ0) is 20.8. The zero-order valence-corrected chi connectivity index (χ0v) is 16.6. The first-order chi connectivity index (χ1) is 13.9. The number of hydrogen-bond donors (Lipinski definition) is 3. The lowest BCUT2D eigenvalue weighted by molar-refractivity contribution is -0.115. The molecule has 150 valence electrons. The molecule has 1 aromatic heterocycles. The molecule has 0 bridgehead atoms. The summed E-state index contributed by atoms with van der Waals surface area (Å²) in [6.07, 6.45) is 0.0504. The largest absolute Gasteiger partial charge is 0.495 e. The fourth-order valence-electron chi connectivity index (χ4n) is 2.50. The number of ether oxygens (including phenoxy) is 1. The predicted octanol–water partition coefficient (Wildman–Crippen LogP) is 4.42. The molecule has 0 saturated heterocycles. The topological polar surface area (TPSA) is 92.4 Å². The fourth-order valence-corrected chi connectivity index (χ4v) is 3.20. The van der Waals surface area contributed by atoms with Crippen LogP contribution in [-0.2, 0) is 11.2 Å². The van der Waals surface area contributed by atoms with Gasteiger partial charge in [-0.1, -0.05) is 6.07 Å². The summed E-state index contributed by atoms with van der Waals surface area (Å²) >= 11 is 1.20. The second-order valence-electron chi connectivity index (χ2n) is 6.16. The van der Waals surface area contributed by atoms with Crippen LogP contribution in [0.15, 0.2) is 47.8 Å². The third kappa shape index (κ3) is 5.76. The highest BCUT2D eigenvalue weighted by molar-refractivity contribution is 7.14. The molecule has 7 nitrogen and oxygen atoms in total. The van der Waals surface area contributed by atoms with Gasteiger partial charge in [0.2, 0.25) is 5.91 Å². The van der Waals surface area contributed by atoms with Crippen molar-refractivity contribution >= 4 is 39.8 Å². The van der Waals surface area contributed by atoms with E-state index in [1.54, 1.807) is 18.6 Å². The molecule has 1 heterocycles. The second kappa shape index (κ2) is 9.16. The molecule has 0 aliphatic carbocycles. The second-order valence-corrected chi connectivity index (χ2v) is 7.02. The summed E-state index contributed by atoms with van der Waals surface area (Å²) in [5, 5.41) is 10.00. The number of benzene rings is 2. The zero-order valence-electron chi connectivity index (χ0n) is 15.8. The normalized spacial score (nSPS) is 10.3. The number of thiazole rings is 1. The van der Waals surface area contributed by atoms with E-state index in [0.717, 1.165) is 5.56 Å². The third-order valence-corrected chi connectivity index (χ3v) is 4.65. The number of hydrogen-bond acceptors (Lipinski definition) is 5. The molecule has 3 rings (SSSR count). The molecule has 0 fully saturated rings. The van der Waals surface area contributed by atoms with Crippen molar-refractivity contribution in [1.82, 2.24) is 4.98 Å². The third-order valence-electron chi connectivity index (χ3n) is 3.85. The highest BCUT2D eigenvalue weighted by Gasteiger charge is 2.12. The highest BCUT2D eigenvalue weighted by atomic mass is 32.1. The molecule has 2 aromatic carbocycles. The van der Waals surface area contributed by atoms with Crippen LogP contribution in [0, 0.1) is 12.7 Å². The number of amides is 3. The van der Waals surface area contributed by atoms with Gasteiger partial charge in [-0.25, -0.2) is 14.2 Å². The van der Waals surface area contributed by atoms with Crippen molar-refractivity contribution in [1.29, 1.82) is 0 Å². The SMILES string of the molecule is COc1cc(C)ccc1NC(=O)Cc1csc(NC(=O)Nc2ccc(F)cc2)n1. The van der Waals surface area contributed by atoms with E-state index < -0.39 is 6.03 Å². The van der Waals surface area contributed by atoms with Gasteiger partial charge in [0.25, 0.3) is 0 Å². The van der Waals surface area contributed by atoms with E-state index in [1.807, 2.05) is 19.1 Å². The van der Waals surface area contributed by atoms with E-state index in [2.05, 4.69) is 20.9 Å². The summed E-state index contributed by atoms with van der Waals surface area (Å²) in [6.45, 7) is 1.93. The minimum Gasteiger partial charge on any atom is -0.495 e. The van der Waals surface area contributed by atoms with Crippen LogP contribution in [0.5, 0.6) is 5.75 Å². The van der Waals surface area contributed by atoms with E-state index in [4.69, 9.17) is 4.74 Å². The monoisotopic (exact) mass is 414 g/mol. The first kappa shape index (κ1) is 20.3. The molecule has 0 unspecified atom stereocenters. The van der Waals surface area contributed by atoms with E-state index in [9.17, 15) is 14.0 Å². The van der Waals surface area contributed by atoms with Gasteiger partial charge in [0.1, 0.15) is 11.6 Å². The minimum atomic E-state index is -0.508. The molecule has 0 atom stereocenters. The molecule has 0 saturated carbocycles. The molecular formula is C20H19FN4O3S. The summed E-state index contributed by atoms with van der Waals surface area (Å²) in [4.78, 5) is 28.5. The lowest BCUT2D eigenvalue weighted by atomic mass is 10.2. The standard InChI is InChI=1S/C20H19FN4O3S/c1-12-3-8-16(17(9-12)28-2)24-18(26)10-15-11-29-20(23-15)25-19(27)22-14-6-4-13(21)5-7-14/h3-9,11H,10H2,1-2H3,(H,24,26)(H2,22,23,25,27). The van der Waals surface area contributed by atoms with Gasteiger partial charge in [-0.3, -0.25) is 10.1 Å². The maximum absolute atomic E-state index is 12.9. The Labute approximate surface area is 170 Å². The van der Waals surface area contributed by atoms with Crippen molar-refractivity contribution in [2.24, 2.45) is 0 Å². The number of methoxy groups -OCH3 is 1. The first-order valence-corrected chi connectivity index (χ1v) is 9.53. The minimum absolute atomic E-state index is 0.0504. The Morgan fingerprint density at radius 1 is 1.10 bits per heavy atom. The smallest absolute Gasteiger partial charge is 0.325 e. The summed E-state index contributed by atoms with van der Waals surface area (Å²) < 4.78 is 18.2. The number of nitrogens with zero attached hydrogens (tertiary/aromatic N) is 1. The molecule has 0 radical (unpaired) electrons. The van der Waals surface area contributed by atoms with Gasteiger partial charge in [-0.15, -0.1) is 11.3 Å². The molecule has 0 aliphatic heterocycles. The average molecular weight is 414 g/mol.